The largest absolute Gasteiger partial charge is 0.465 e. The standard InChI is InChI=1S/C34H34N2O2/c1-33(2)14-15-34(3,4)30-18-27-25(17-29(30)33)12-13-26-28(23-8-10-24(11-9-23)32(37)38-5)21-36(31(26)27)20-22-7-6-16-35-19-22/h6-13,16-19,21H,14-15,20H2,1-5H3. The smallest absolute Gasteiger partial charge is 0.337 e. The molecule has 0 radical (unpaired) electrons. The van der Waals surface area contributed by atoms with Gasteiger partial charge in [-0.3, -0.25) is 4.98 Å². The van der Waals surface area contributed by atoms with E-state index in [1.165, 1.54) is 52.8 Å². The molecular weight excluding hydrogens is 468 g/mol. The lowest BCUT2D eigenvalue weighted by atomic mass is 9.63. The molecule has 0 bridgehead atoms. The molecule has 0 amide bonds. The molecule has 3 aromatic carbocycles. The zero-order chi connectivity index (χ0) is 26.7. The van der Waals surface area contributed by atoms with Gasteiger partial charge < -0.3 is 9.30 Å². The molecule has 1 aliphatic carbocycles. The molecule has 0 N–H and O–H groups in total. The third kappa shape index (κ3) is 3.99. The summed E-state index contributed by atoms with van der Waals surface area (Å²) in [5.41, 5.74) is 8.42. The summed E-state index contributed by atoms with van der Waals surface area (Å²) < 4.78 is 7.27. The number of carbonyl (C=O) groups is 1. The third-order valence-electron chi connectivity index (χ3n) is 8.52. The number of methoxy groups -OCH3 is 1. The SMILES string of the molecule is COC(=O)c1ccc(-c2cn(Cc3cccnc3)c3c2ccc2cc4c(cc23)C(C)(C)CCC4(C)C)cc1. The molecule has 0 saturated heterocycles. The van der Waals surface area contributed by atoms with Crippen LogP contribution in [-0.2, 0) is 22.1 Å². The van der Waals surface area contributed by atoms with Crippen LogP contribution in [0.3, 0.4) is 0 Å². The van der Waals surface area contributed by atoms with Crippen molar-refractivity contribution < 1.29 is 9.53 Å². The van der Waals surface area contributed by atoms with Crippen molar-refractivity contribution in [2.24, 2.45) is 0 Å². The number of nitrogens with zero attached hydrogens (tertiary/aromatic N) is 2. The van der Waals surface area contributed by atoms with E-state index < -0.39 is 0 Å². The Balaban J connectivity index is 1.61. The molecule has 0 fully saturated rings. The van der Waals surface area contributed by atoms with Crippen LogP contribution >= 0.6 is 0 Å². The first-order valence-corrected chi connectivity index (χ1v) is 13.4. The Bertz CT molecular complexity index is 1680. The molecule has 6 rings (SSSR count). The lowest BCUT2D eigenvalue weighted by molar-refractivity contribution is 0.0600. The van der Waals surface area contributed by atoms with E-state index in [0.29, 0.717) is 5.56 Å². The van der Waals surface area contributed by atoms with E-state index in [4.69, 9.17) is 4.74 Å². The number of carbonyl (C=O) groups excluding carboxylic acids is 1. The van der Waals surface area contributed by atoms with Crippen LogP contribution < -0.4 is 0 Å². The van der Waals surface area contributed by atoms with Crippen LogP contribution in [0.25, 0.3) is 32.8 Å². The van der Waals surface area contributed by atoms with Crippen LogP contribution in [0.15, 0.2) is 79.3 Å². The van der Waals surface area contributed by atoms with E-state index in [9.17, 15) is 4.79 Å². The van der Waals surface area contributed by atoms with E-state index in [2.05, 4.69) is 73.8 Å². The van der Waals surface area contributed by atoms with Crippen LogP contribution in [-0.4, -0.2) is 22.6 Å². The van der Waals surface area contributed by atoms with Gasteiger partial charge in [0, 0.05) is 41.5 Å². The highest BCUT2D eigenvalue weighted by molar-refractivity contribution is 6.11. The van der Waals surface area contributed by atoms with Crippen molar-refractivity contribution in [3.8, 4) is 11.1 Å². The Morgan fingerprint density at radius 3 is 2.29 bits per heavy atom. The molecule has 2 aromatic heterocycles. The maximum Gasteiger partial charge on any atom is 0.337 e. The van der Waals surface area contributed by atoms with Gasteiger partial charge in [0.05, 0.1) is 18.2 Å². The van der Waals surface area contributed by atoms with Gasteiger partial charge in [-0.05, 0) is 75.6 Å². The maximum absolute atomic E-state index is 12.0. The second-order valence-electron chi connectivity index (χ2n) is 11.9. The Hall–Kier alpha value is -3.92. The van der Waals surface area contributed by atoms with Gasteiger partial charge in [-0.15, -0.1) is 0 Å². The molecule has 0 saturated carbocycles. The number of esters is 1. The summed E-state index contributed by atoms with van der Waals surface area (Å²) in [6, 6.07) is 21.3. The molecule has 38 heavy (non-hydrogen) atoms. The lowest BCUT2D eigenvalue weighted by Crippen LogP contribution is -2.33. The number of hydrogen-bond donors (Lipinski definition) is 0. The number of benzene rings is 3. The van der Waals surface area contributed by atoms with E-state index in [1.807, 2.05) is 42.7 Å². The van der Waals surface area contributed by atoms with Crippen molar-refractivity contribution in [1.82, 2.24) is 9.55 Å². The van der Waals surface area contributed by atoms with Crippen molar-refractivity contribution >= 4 is 27.6 Å². The highest BCUT2D eigenvalue weighted by atomic mass is 16.5. The van der Waals surface area contributed by atoms with Gasteiger partial charge in [0.2, 0.25) is 0 Å². The molecule has 4 heteroatoms. The van der Waals surface area contributed by atoms with Crippen molar-refractivity contribution in [2.45, 2.75) is 57.9 Å². The predicted molar refractivity (Wildman–Crippen MR) is 155 cm³/mol. The summed E-state index contributed by atoms with van der Waals surface area (Å²) in [7, 11) is 1.41. The number of fused-ring (bicyclic) bond motifs is 4. The van der Waals surface area contributed by atoms with E-state index in [-0.39, 0.29) is 16.8 Å². The molecule has 2 heterocycles. The minimum absolute atomic E-state index is 0.133. The highest BCUT2D eigenvalue weighted by Crippen LogP contribution is 2.48. The lowest BCUT2D eigenvalue weighted by Gasteiger charge is -2.42. The summed E-state index contributed by atoms with van der Waals surface area (Å²) >= 11 is 0. The minimum Gasteiger partial charge on any atom is -0.465 e. The topological polar surface area (TPSA) is 44.1 Å². The normalized spacial score (nSPS) is 15.9. The van der Waals surface area contributed by atoms with E-state index in [1.54, 1.807) is 0 Å². The van der Waals surface area contributed by atoms with Crippen molar-refractivity contribution in [3.63, 3.8) is 0 Å². The molecule has 0 aliphatic heterocycles. The van der Waals surface area contributed by atoms with Gasteiger partial charge >= 0.3 is 5.97 Å². The number of ether oxygens (including phenoxy) is 1. The van der Waals surface area contributed by atoms with Crippen molar-refractivity contribution in [1.29, 1.82) is 0 Å². The zero-order valence-corrected chi connectivity index (χ0v) is 22.8. The molecule has 0 unspecified atom stereocenters. The van der Waals surface area contributed by atoms with Crippen molar-refractivity contribution in [3.05, 3.63) is 102 Å². The van der Waals surface area contributed by atoms with Crippen LogP contribution in [0.1, 0.15) is 67.6 Å². The van der Waals surface area contributed by atoms with Gasteiger partial charge in [-0.25, -0.2) is 4.79 Å². The fraction of sp³-hybridized carbons (Fsp3) is 0.294. The number of hydrogen-bond acceptors (Lipinski definition) is 3. The van der Waals surface area contributed by atoms with Gasteiger partial charge in [-0.2, -0.15) is 0 Å². The van der Waals surface area contributed by atoms with Gasteiger partial charge in [0.15, 0.2) is 0 Å². The van der Waals surface area contributed by atoms with E-state index >= 15 is 0 Å². The Morgan fingerprint density at radius 1 is 0.921 bits per heavy atom. The average molecular weight is 503 g/mol. The second kappa shape index (κ2) is 8.83. The molecular formula is C34H34N2O2. The summed E-state index contributed by atoms with van der Waals surface area (Å²) in [5, 5.41) is 3.77. The first-order chi connectivity index (χ1) is 18.2. The summed E-state index contributed by atoms with van der Waals surface area (Å²) in [5.74, 6) is -0.322. The first kappa shape index (κ1) is 24.4. The van der Waals surface area contributed by atoms with Gasteiger partial charge in [-0.1, -0.05) is 64.1 Å². The second-order valence-corrected chi connectivity index (χ2v) is 11.9. The minimum atomic E-state index is -0.322. The van der Waals surface area contributed by atoms with Crippen LogP contribution in [0.5, 0.6) is 0 Å². The van der Waals surface area contributed by atoms with Gasteiger partial charge in [0.1, 0.15) is 0 Å². The molecule has 5 aromatic rings. The number of pyridine rings is 1. The van der Waals surface area contributed by atoms with Crippen molar-refractivity contribution in [2.75, 3.05) is 7.11 Å². The monoisotopic (exact) mass is 502 g/mol. The zero-order valence-electron chi connectivity index (χ0n) is 22.8. The maximum atomic E-state index is 12.0. The summed E-state index contributed by atoms with van der Waals surface area (Å²) in [6.07, 6.45) is 8.39. The molecule has 192 valence electrons. The molecule has 0 atom stereocenters. The Labute approximate surface area is 224 Å². The summed E-state index contributed by atoms with van der Waals surface area (Å²) in [4.78, 5) is 16.4. The molecule has 0 spiro atoms. The quantitative estimate of drug-likeness (QED) is 0.234. The fourth-order valence-corrected chi connectivity index (χ4v) is 6.13. The van der Waals surface area contributed by atoms with E-state index in [0.717, 1.165) is 23.2 Å². The molecule has 4 nitrogen and oxygen atoms in total. The molecule has 1 aliphatic rings. The number of aromatic nitrogens is 2. The van der Waals surface area contributed by atoms with Crippen LogP contribution in [0.2, 0.25) is 0 Å². The summed E-state index contributed by atoms with van der Waals surface area (Å²) in [6.45, 7) is 10.3. The van der Waals surface area contributed by atoms with Crippen LogP contribution in [0, 0.1) is 0 Å². The Morgan fingerprint density at radius 2 is 1.63 bits per heavy atom. The fourth-order valence-electron chi connectivity index (χ4n) is 6.13. The number of rotatable bonds is 4. The predicted octanol–water partition coefficient (Wildman–Crippen LogP) is 8.04. The van der Waals surface area contributed by atoms with Gasteiger partial charge in [0.25, 0.3) is 0 Å². The average Bonchev–Trinajstić information content (AvgIpc) is 3.29. The first-order valence-electron chi connectivity index (χ1n) is 13.4. The third-order valence-corrected chi connectivity index (χ3v) is 8.52. The Kier molecular flexibility index (Phi) is 5.68. The highest BCUT2D eigenvalue weighted by Gasteiger charge is 2.37. The van der Waals surface area contributed by atoms with Crippen LogP contribution in [0.4, 0.5) is 0 Å².